The molecule has 4 heterocycles. The van der Waals surface area contributed by atoms with Gasteiger partial charge in [-0.15, -0.1) is 11.3 Å². The molecule has 0 atom stereocenters. The van der Waals surface area contributed by atoms with E-state index in [2.05, 4.69) is 36.4 Å². The third-order valence-corrected chi connectivity index (χ3v) is 10.7. The molecule has 0 aliphatic carbocycles. The maximum absolute atomic E-state index is 8.64. The van der Waals surface area contributed by atoms with E-state index in [0.29, 0.717) is 23.2 Å². The normalized spacial score (nSPS) is 13.3. The fourth-order valence-corrected chi connectivity index (χ4v) is 8.38. The molecular formula is C45H26N4OS. The molecule has 0 N–H and O–H groups in total. The standard InChI is InChI=1S/C45H26N4OS/c1-3-11-27(12-4-1)29-19-21-36-33(25-29)31-15-7-9-17-35(31)49(36)45-47-43(28-13-5-2-6-14-28)46-44(48-45)30-20-22-37-34(26-30)41-38(50-37)23-24-40-42(41)32-16-8-10-18-39(32)51-40/h1-26H/i1D,3D,4D,11D,12D. The molecule has 0 fully saturated rings. The van der Waals surface area contributed by atoms with Gasteiger partial charge in [-0.05, 0) is 65.7 Å². The summed E-state index contributed by atoms with van der Waals surface area (Å²) in [7, 11) is 0. The number of rotatable bonds is 4. The highest BCUT2D eigenvalue weighted by Gasteiger charge is 2.20. The first-order chi connectivity index (χ1) is 27.3. The van der Waals surface area contributed by atoms with E-state index in [9.17, 15) is 0 Å². The molecule has 0 saturated carbocycles. The predicted molar refractivity (Wildman–Crippen MR) is 211 cm³/mol. The van der Waals surface area contributed by atoms with Crippen LogP contribution in [0.1, 0.15) is 6.85 Å². The van der Waals surface area contributed by atoms with Crippen LogP contribution in [0.3, 0.4) is 0 Å². The summed E-state index contributed by atoms with van der Waals surface area (Å²) in [4.78, 5) is 15.3. The van der Waals surface area contributed by atoms with Gasteiger partial charge in [-0.3, -0.25) is 4.57 Å². The lowest BCUT2D eigenvalue weighted by molar-refractivity contribution is 0.669. The summed E-state index contributed by atoms with van der Waals surface area (Å²) in [5, 5.41) is 6.14. The number of furan rings is 1. The van der Waals surface area contributed by atoms with Crippen LogP contribution in [0.2, 0.25) is 0 Å². The predicted octanol–water partition coefficient (Wildman–Crippen LogP) is 12.2. The summed E-state index contributed by atoms with van der Waals surface area (Å²) in [6.45, 7) is 0. The lowest BCUT2D eigenvalue weighted by Crippen LogP contribution is -2.06. The minimum Gasteiger partial charge on any atom is -0.456 e. The molecule has 0 bridgehead atoms. The van der Waals surface area contributed by atoms with Gasteiger partial charge in [0.05, 0.1) is 17.9 Å². The van der Waals surface area contributed by atoms with Crippen LogP contribution < -0.4 is 0 Å². The Morgan fingerprint density at radius 1 is 0.490 bits per heavy atom. The maximum Gasteiger partial charge on any atom is 0.238 e. The van der Waals surface area contributed by atoms with Crippen LogP contribution in [-0.4, -0.2) is 19.5 Å². The molecule has 0 unspecified atom stereocenters. The number of para-hydroxylation sites is 1. The Morgan fingerprint density at radius 3 is 2.08 bits per heavy atom. The molecule has 51 heavy (non-hydrogen) atoms. The molecule has 4 aromatic heterocycles. The van der Waals surface area contributed by atoms with Crippen LogP contribution in [0.15, 0.2) is 162 Å². The summed E-state index contributed by atoms with van der Waals surface area (Å²) >= 11 is 1.77. The van der Waals surface area contributed by atoms with E-state index in [1.165, 1.54) is 20.2 Å². The smallest absolute Gasteiger partial charge is 0.238 e. The quantitative estimate of drug-likeness (QED) is 0.186. The summed E-state index contributed by atoms with van der Waals surface area (Å²) in [5.41, 5.74) is 5.56. The molecule has 6 heteroatoms. The lowest BCUT2D eigenvalue weighted by atomic mass is 10.0. The van der Waals surface area contributed by atoms with Gasteiger partial charge in [0, 0.05) is 52.8 Å². The van der Waals surface area contributed by atoms with Gasteiger partial charge in [-0.1, -0.05) is 103 Å². The van der Waals surface area contributed by atoms with E-state index in [4.69, 9.17) is 26.2 Å². The Kier molecular flexibility index (Phi) is 5.08. The molecule has 0 spiro atoms. The highest BCUT2D eigenvalue weighted by molar-refractivity contribution is 7.26. The van der Waals surface area contributed by atoms with Crippen molar-refractivity contribution in [1.82, 2.24) is 19.5 Å². The van der Waals surface area contributed by atoms with E-state index in [-0.39, 0.29) is 29.7 Å². The second kappa shape index (κ2) is 10.9. The molecular weight excluding hydrogens is 645 g/mol. The Hall–Kier alpha value is -6.63. The van der Waals surface area contributed by atoms with Gasteiger partial charge in [0.25, 0.3) is 0 Å². The van der Waals surface area contributed by atoms with E-state index in [0.717, 1.165) is 54.9 Å². The molecule has 238 valence electrons. The van der Waals surface area contributed by atoms with Crippen molar-refractivity contribution in [3.05, 3.63) is 158 Å². The van der Waals surface area contributed by atoms with E-state index >= 15 is 0 Å². The van der Waals surface area contributed by atoms with Crippen LogP contribution in [0.25, 0.3) is 104 Å². The molecule has 0 aliphatic heterocycles. The van der Waals surface area contributed by atoms with Crippen LogP contribution in [-0.2, 0) is 0 Å². The van der Waals surface area contributed by atoms with Gasteiger partial charge in [0.2, 0.25) is 5.95 Å². The van der Waals surface area contributed by atoms with Crippen LogP contribution in [0, 0.1) is 0 Å². The minimum atomic E-state index is -0.422. The highest BCUT2D eigenvalue weighted by Crippen LogP contribution is 2.43. The molecule has 11 aromatic rings. The third kappa shape index (κ3) is 4.37. The first kappa shape index (κ1) is 23.7. The number of nitrogens with zero attached hydrogens (tertiary/aromatic N) is 4. The molecule has 5 nitrogen and oxygen atoms in total. The van der Waals surface area contributed by atoms with Crippen LogP contribution in [0.5, 0.6) is 0 Å². The second-order valence-corrected chi connectivity index (χ2v) is 13.5. The number of hydrogen-bond donors (Lipinski definition) is 0. The summed E-state index contributed by atoms with van der Waals surface area (Å²) < 4.78 is 52.7. The number of aromatic nitrogens is 4. The molecule has 0 saturated heterocycles. The molecule has 0 radical (unpaired) electrons. The van der Waals surface area contributed by atoms with Crippen molar-refractivity contribution in [3.63, 3.8) is 0 Å². The fourth-order valence-electron chi connectivity index (χ4n) is 7.27. The fraction of sp³-hybridized carbons (Fsp3) is 0. The molecule has 0 amide bonds. The highest BCUT2D eigenvalue weighted by atomic mass is 32.1. The largest absolute Gasteiger partial charge is 0.456 e. The van der Waals surface area contributed by atoms with Gasteiger partial charge >= 0.3 is 0 Å². The van der Waals surface area contributed by atoms with Gasteiger partial charge in [-0.25, -0.2) is 4.98 Å². The van der Waals surface area contributed by atoms with Gasteiger partial charge in [-0.2, -0.15) is 9.97 Å². The summed E-state index contributed by atoms with van der Waals surface area (Å²) in [6, 6.07) is 40.4. The SMILES string of the molecule is [2H]c1c([2H])c([2H])c(-c2ccc3c(c2)c2ccccc2n3-c2nc(-c3ccccc3)nc(-c3ccc4oc5ccc6sc7ccccc7c6c5c4c3)n2)c([2H])c1[2H]. The van der Waals surface area contributed by atoms with Crippen molar-refractivity contribution in [2.75, 3.05) is 0 Å². The van der Waals surface area contributed by atoms with Gasteiger partial charge < -0.3 is 4.42 Å². The van der Waals surface area contributed by atoms with E-state index in [1.54, 1.807) is 17.4 Å². The molecule has 0 aliphatic rings. The van der Waals surface area contributed by atoms with Gasteiger partial charge in [0.1, 0.15) is 11.2 Å². The van der Waals surface area contributed by atoms with Crippen molar-refractivity contribution in [1.29, 1.82) is 0 Å². The summed E-state index contributed by atoms with van der Waals surface area (Å²) in [6.07, 6.45) is 0. The Labute approximate surface area is 302 Å². The Balaban J connectivity index is 1.16. The maximum atomic E-state index is 8.64. The molecule has 11 rings (SSSR count). The number of fused-ring (bicyclic) bond motifs is 10. The second-order valence-electron chi connectivity index (χ2n) is 12.5. The van der Waals surface area contributed by atoms with Gasteiger partial charge in [0.15, 0.2) is 11.6 Å². The third-order valence-electron chi connectivity index (χ3n) is 9.55. The Morgan fingerprint density at radius 2 is 1.20 bits per heavy atom. The monoisotopic (exact) mass is 675 g/mol. The van der Waals surface area contributed by atoms with E-state index < -0.39 is 6.04 Å². The zero-order valence-corrected chi connectivity index (χ0v) is 27.5. The van der Waals surface area contributed by atoms with Crippen molar-refractivity contribution >= 4 is 75.3 Å². The van der Waals surface area contributed by atoms with Crippen molar-refractivity contribution < 1.29 is 11.3 Å². The topological polar surface area (TPSA) is 56.7 Å². The Bertz CT molecular complexity index is 3420. The average molecular weight is 676 g/mol. The zero-order valence-electron chi connectivity index (χ0n) is 31.7. The number of thiophene rings is 1. The van der Waals surface area contributed by atoms with Crippen molar-refractivity contribution in [2.24, 2.45) is 0 Å². The van der Waals surface area contributed by atoms with E-state index in [1.807, 2.05) is 89.5 Å². The number of benzene rings is 7. The first-order valence-electron chi connectivity index (χ1n) is 19.0. The van der Waals surface area contributed by atoms with Crippen molar-refractivity contribution in [2.45, 2.75) is 0 Å². The van der Waals surface area contributed by atoms with Crippen LogP contribution >= 0.6 is 11.3 Å². The zero-order chi connectivity index (χ0) is 37.8. The average Bonchev–Trinajstić information content (AvgIpc) is 3.91. The van der Waals surface area contributed by atoms with Crippen molar-refractivity contribution in [3.8, 4) is 39.9 Å². The van der Waals surface area contributed by atoms with Crippen LogP contribution in [0.4, 0.5) is 0 Å². The number of hydrogen-bond acceptors (Lipinski definition) is 5. The lowest BCUT2D eigenvalue weighted by Gasteiger charge is -2.11. The molecule has 7 aromatic carbocycles. The first-order valence-corrected chi connectivity index (χ1v) is 17.3. The minimum absolute atomic E-state index is 0.151. The summed E-state index contributed by atoms with van der Waals surface area (Å²) in [5.74, 6) is 1.42.